The maximum Gasteiger partial charge on any atom is 0.322 e. The molecule has 18 nitrogen and oxygen atoms in total. The van der Waals surface area contributed by atoms with E-state index in [2.05, 4.69) is 113 Å². The van der Waals surface area contributed by atoms with Crippen molar-refractivity contribution in [2.75, 3.05) is 121 Å². The van der Waals surface area contributed by atoms with E-state index in [9.17, 15) is 4.79 Å². The third-order valence-electron chi connectivity index (χ3n) is 17.5. The fourth-order valence-electron chi connectivity index (χ4n) is 13.2. The Kier molecular flexibility index (Phi) is 16.5. The number of hydrogen-bond donors (Lipinski definition) is 3. The van der Waals surface area contributed by atoms with E-state index in [0.717, 1.165) is 109 Å². The summed E-state index contributed by atoms with van der Waals surface area (Å²) in [6.07, 6.45) is 6.18. The van der Waals surface area contributed by atoms with Gasteiger partial charge in [0.1, 0.15) is 17.9 Å². The number of methoxy groups -OCH3 is 1. The van der Waals surface area contributed by atoms with E-state index in [4.69, 9.17) is 34.6 Å². The number of nitrogens with two attached hydrogens (primary N) is 1. The first-order valence-electron chi connectivity index (χ1n) is 28.6. The van der Waals surface area contributed by atoms with Crippen molar-refractivity contribution >= 4 is 45.9 Å². The van der Waals surface area contributed by atoms with Crippen molar-refractivity contribution in [2.24, 2.45) is 28.4 Å². The zero-order valence-corrected chi connectivity index (χ0v) is 47.0. The Morgan fingerprint density at radius 3 is 2.44 bits per heavy atom. The van der Waals surface area contributed by atoms with Crippen LogP contribution in [-0.4, -0.2) is 178 Å². The van der Waals surface area contributed by atoms with Crippen molar-refractivity contribution in [1.82, 2.24) is 35.0 Å². The summed E-state index contributed by atoms with van der Waals surface area (Å²) in [6.45, 7) is 22.8. The Balaban J connectivity index is 1.06. The van der Waals surface area contributed by atoms with Gasteiger partial charge in [0.2, 0.25) is 11.8 Å². The molecule has 418 valence electrons. The predicted molar refractivity (Wildman–Crippen MR) is 300 cm³/mol. The van der Waals surface area contributed by atoms with Crippen molar-refractivity contribution in [3.63, 3.8) is 0 Å². The van der Waals surface area contributed by atoms with Crippen LogP contribution in [0, 0.1) is 22.7 Å². The maximum absolute atomic E-state index is 15.3. The first-order chi connectivity index (χ1) is 37.1. The van der Waals surface area contributed by atoms with Crippen LogP contribution >= 0.6 is 0 Å². The maximum atomic E-state index is 15.3. The average molecular weight is 1060 g/mol. The molecular weight excluding hydrogens is 975 g/mol. The van der Waals surface area contributed by atoms with E-state index >= 15 is 9.59 Å². The molecular formula is C59H85N11O7. The molecule has 6 aliphatic heterocycles. The number of piperazine rings is 1. The number of carbonyl (C=O) groups is 3. The molecule has 2 amide bonds. The zero-order chi connectivity index (χ0) is 54.2. The highest BCUT2D eigenvalue weighted by Gasteiger charge is 2.55. The number of carbonyl (C=O) groups excluding carboxylic acids is 3. The van der Waals surface area contributed by atoms with Gasteiger partial charge in [-0.25, -0.2) is 4.98 Å². The number of benzene rings is 1. The van der Waals surface area contributed by atoms with Crippen LogP contribution < -0.4 is 31.1 Å². The topological polar surface area (TPSA) is 185 Å². The normalized spacial score (nSPS) is 26.5. The lowest BCUT2D eigenvalue weighted by Gasteiger charge is -2.59. The van der Waals surface area contributed by atoms with Crippen LogP contribution in [0.3, 0.4) is 0 Å². The van der Waals surface area contributed by atoms with Gasteiger partial charge < -0.3 is 59.5 Å². The van der Waals surface area contributed by atoms with Gasteiger partial charge in [-0.3, -0.25) is 24.3 Å². The van der Waals surface area contributed by atoms with Crippen LogP contribution in [0.5, 0.6) is 0 Å². The second-order valence-electron chi connectivity index (χ2n) is 24.1. The summed E-state index contributed by atoms with van der Waals surface area (Å²) in [6, 6.07) is 12.6. The third kappa shape index (κ3) is 11.4. The molecule has 4 aromatic rings. The fraction of sp³-hybridized carbons (Fsp3) is 0.644. The first kappa shape index (κ1) is 55.0. The highest BCUT2D eigenvalue weighted by molar-refractivity contribution is 5.95. The van der Waals surface area contributed by atoms with Crippen molar-refractivity contribution in [3.05, 3.63) is 66.1 Å². The van der Waals surface area contributed by atoms with E-state index in [-0.39, 0.29) is 48.4 Å². The van der Waals surface area contributed by atoms with E-state index in [1.807, 2.05) is 24.4 Å². The van der Waals surface area contributed by atoms with E-state index in [1.165, 1.54) is 0 Å². The number of likely N-dealkylation sites (tertiary alicyclic amines) is 1. The monoisotopic (exact) mass is 1060 g/mol. The van der Waals surface area contributed by atoms with Crippen LogP contribution in [0.15, 0.2) is 54.9 Å². The summed E-state index contributed by atoms with van der Waals surface area (Å²) in [5, 5.41) is 7.73. The minimum atomic E-state index is -0.961. The van der Waals surface area contributed by atoms with Gasteiger partial charge in [0, 0.05) is 124 Å². The number of ether oxygens (including phenoxy) is 4. The number of nitrogens with one attached hydrogen (secondary N) is 2. The molecule has 6 aliphatic rings. The van der Waals surface area contributed by atoms with E-state index in [0.29, 0.717) is 58.7 Å². The Bertz CT molecular complexity index is 2720. The smallest absolute Gasteiger partial charge is 0.322 e. The number of pyridine rings is 2. The Labute approximate surface area is 455 Å². The van der Waals surface area contributed by atoms with Gasteiger partial charge >= 0.3 is 5.97 Å². The van der Waals surface area contributed by atoms with Gasteiger partial charge in [-0.05, 0) is 101 Å². The zero-order valence-electron chi connectivity index (χ0n) is 47.0. The number of hydrogen-bond acceptors (Lipinski definition) is 15. The summed E-state index contributed by atoms with van der Waals surface area (Å²) in [7, 11) is 3.90. The van der Waals surface area contributed by atoms with Gasteiger partial charge in [-0.15, -0.1) is 0 Å². The molecule has 1 spiro atoms. The molecule has 10 rings (SSSR count). The van der Waals surface area contributed by atoms with Crippen molar-refractivity contribution in [1.29, 1.82) is 0 Å². The summed E-state index contributed by atoms with van der Waals surface area (Å²) >= 11 is 0. The molecule has 77 heavy (non-hydrogen) atoms. The molecule has 5 fully saturated rings. The molecule has 0 aliphatic carbocycles. The number of amides is 2. The predicted octanol–water partition coefficient (Wildman–Crippen LogP) is 5.26. The molecule has 3 aromatic heterocycles. The van der Waals surface area contributed by atoms with Gasteiger partial charge in [-0.2, -0.15) is 0 Å². The largest absolute Gasteiger partial charge is 0.464 e. The van der Waals surface area contributed by atoms with Crippen molar-refractivity contribution in [3.8, 4) is 11.3 Å². The lowest BCUT2D eigenvalue weighted by molar-refractivity contribution is -0.212. The highest BCUT2D eigenvalue weighted by Crippen LogP contribution is 2.45. The number of anilines is 3. The molecule has 5 saturated heterocycles. The second-order valence-corrected chi connectivity index (χ2v) is 24.1. The number of likely N-dealkylation sites (N-methyl/N-ethyl adjacent to an activating group) is 1. The molecule has 0 unspecified atom stereocenters. The minimum absolute atomic E-state index is 0.0146. The fourth-order valence-corrected chi connectivity index (χ4v) is 13.2. The number of cyclic esters (lactones) is 1. The lowest BCUT2D eigenvalue weighted by atomic mass is 9.75. The number of aryl methyl sites for hydroxylation is 1. The van der Waals surface area contributed by atoms with Crippen LogP contribution in [0.25, 0.3) is 22.2 Å². The summed E-state index contributed by atoms with van der Waals surface area (Å²) < 4.78 is 27.2. The second kappa shape index (κ2) is 23.1. The first-order valence-corrected chi connectivity index (χ1v) is 28.6. The standard InChI is InChI=1S/C59H85N11O7/c1-9-69-46-18-17-40-28-42(46)44(53(69)43-29-41(31-63-51(43)39(4)74-8)66-24-22-65(7)23-25-66)30-58(5,6)35-77-57(73)45(60)14-12-20-62-56(72)52(54(48-32-67(40)26-27-76-48)68-33-59(34-68)36-75-37-59)64-55(71)50(38(2)3)47-15-13-21-70(47)49-16-10-11-19-61-49/h10-11,16-19,28-29,31,38-39,45,47-48,50,52,54H,9,12-15,20-27,30,32-37,60H2,1-8H3,(H,62,72)(H,64,71)/t39-,45-,47+,48+,50-,52-,54+/m0/s1. The number of aromatic nitrogens is 3. The van der Waals surface area contributed by atoms with Crippen molar-refractivity contribution < 1.29 is 33.3 Å². The van der Waals surface area contributed by atoms with Crippen LogP contribution in [0.4, 0.5) is 17.2 Å². The number of morpholine rings is 1. The molecule has 0 radical (unpaired) electrons. The molecule has 4 bridgehead atoms. The molecule has 7 atom stereocenters. The van der Waals surface area contributed by atoms with Gasteiger partial charge in [0.15, 0.2) is 0 Å². The van der Waals surface area contributed by atoms with Crippen LogP contribution in [-0.2, 0) is 46.3 Å². The van der Waals surface area contributed by atoms with Gasteiger partial charge in [0.25, 0.3) is 0 Å². The summed E-state index contributed by atoms with van der Waals surface area (Å²) in [5.74, 6) is -0.510. The molecule has 0 saturated carbocycles. The third-order valence-corrected chi connectivity index (χ3v) is 17.5. The van der Waals surface area contributed by atoms with Crippen molar-refractivity contribution in [2.45, 2.75) is 117 Å². The Morgan fingerprint density at radius 2 is 1.74 bits per heavy atom. The minimum Gasteiger partial charge on any atom is -0.464 e. The Morgan fingerprint density at radius 1 is 0.948 bits per heavy atom. The highest BCUT2D eigenvalue weighted by atomic mass is 16.5. The number of rotatable bonds is 11. The summed E-state index contributed by atoms with van der Waals surface area (Å²) in [4.78, 5) is 65.9. The van der Waals surface area contributed by atoms with Gasteiger partial charge in [-0.1, -0.05) is 33.8 Å². The molecule has 4 N–H and O–H groups in total. The van der Waals surface area contributed by atoms with E-state index < -0.39 is 41.5 Å². The molecule has 18 heteroatoms. The average Bonchev–Trinajstić information content (AvgIpc) is 4.01. The van der Waals surface area contributed by atoms with Gasteiger partial charge in [0.05, 0.1) is 73.9 Å². The summed E-state index contributed by atoms with van der Waals surface area (Å²) in [5.41, 5.74) is 13.4. The molecule has 9 heterocycles. The van der Waals surface area contributed by atoms with Crippen LogP contribution in [0.2, 0.25) is 0 Å². The number of nitrogens with zero attached hydrogens (tertiary/aromatic N) is 8. The van der Waals surface area contributed by atoms with E-state index in [1.54, 1.807) is 13.3 Å². The lowest BCUT2D eigenvalue weighted by Crippen LogP contribution is -2.75. The molecule has 1 aromatic carbocycles. The number of fused-ring (bicyclic) bond motifs is 4. The quantitative estimate of drug-likeness (QED) is 0.165. The number of esters is 1. The Hall–Kier alpha value is -5.37. The SMILES string of the molecule is CCn1c(-c2cc(N3CCN(C)CC3)cnc2[C@H](C)OC)c2c3cc(ccc31)N1CCO[C@H](C1)[C@@H](N1CC3(COC3)C1)[C@H](NC(=O)[C@@H](C(C)C)[C@H]1CCCN1c1ccccn1)C(=O)NCCC[C@H](N)C(=O)OCC(C)(C)C2. The van der Waals surface area contributed by atoms with Crippen LogP contribution in [0.1, 0.15) is 84.6 Å².